The molecule has 0 N–H and O–H groups in total. The lowest BCUT2D eigenvalue weighted by atomic mass is 10.6. The van der Waals surface area contributed by atoms with Crippen molar-refractivity contribution in [3.63, 3.8) is 0 Å². The maximum absolute atomic E-state index is 9.87. The van der Waals surface area contributed by atoms with Gasteiger partial charge < -0.3 is 9.30 Å². The highest BCUT2D eigenvalue weighted by atomic mass is 35.5. The predicted molar refractivity (Wildman–Crippen MR) is 43.5 cm³/mol. The van der Waals surface area contributed by atoms with Crippen LogP contribution in [0.25, 0.3) is 0 Å². The van der Waals surface area contributed by atoms with E-state index in [0.717, 1.165) is 0 Å². The molecular weight excluding hydrogens is 166 g/mol. The molecule has 1 aromatic rings. The number of carbonyl (C=O) groups is 1. The van der Waals surface area contributed by atoms with Gasteiger partial charge in [0.25, 0.3) is 6.47 Å². The maximum atomic E-state index is 9.87. The number of halogens is 1. The van der Waals surface area contributed by atoms with Crippen molar-refractivity contribution >= 4 is 18.9 Å². The molecule has 0 spiro atoms. The van der Waals surface area contributed by atoms with E-state index in [1.54, 1.807) is 11.5 Å². The molecule has 1 unspecified atom stereocenters. The van der Waals surface area contributed by atoms with Crippen LogP contribution in [0.5, 0.6) is 0 Å². The third-order valence-electron chi connectivity index (χ3n) is 1.30. The van der Waals surface area contributed by atoms with E-state index in [1.165, 1.54) is 0 Å². The zero-order valence-electron chi connectivity index (χ0n) is 6.14. The zero-order valence-corrected chi connectivity index (χ0v) is 6.95. The first-order chi connectivity index (χ1) is 4.84. The summed E-state index contributed by atoms with van der Waals surface area (Å²) >= 11 is 0. The van der Waals surface area contributed by atoms with Gasteiger partial charge in [0.15, 0.2) is 6.23 Å². The van der Waals surface area contributed by atoms with Gasteiger partial charge >= 0.3 is 0 Å². The number of ether oxygens (including phenoxy) is 1. The maximum Gasteiger partial charge on any atom is 0.295 e. The molecule has 1 aromatic heterocycles. The Balaban J connectivity index is 0.000001000. The van der Waals surface area contributed by atoms with Crippen molar-refractivity contribution in [3.8, 4) is 0 Å². The van der Waals surface area contributed by atoms with Crippen LogP contribution in [0.4, 0.5) is 0 Å². The molecule has 0 bridgehead atoms. The normalized spacial score (nSPS) is 11.4. The number of hydrogen-bond donors (Lipinski definition) is 0. The van der Waals surface area contributed by atoms with Gasteiger partial charge in [-0.15, -0.1) is 12.4 Å². The Labute approximate surface area is 71.4 Å². The van der Waals surface area contributed by atoms with Crippen LogP contribution in [0, 0.1) is 0 Å². The molecule has 0 saturated carbocycles. The summed E-state index contributed by atoms with van der Waals surface area (Å²) in [4.78, 5) is 9.87. The van der Waals surface area contributed by atoms with E-state index in [0.29, 0.717) is 6.47 Å². The van der Waals surface area contributed by atoms with Crippen molar-refractivity contribution in [1.29, 1.82) is 0 Å². The molecule has 1 rings (SSSR count). The van der Waals surface area contributed by atoms with E-state index in [1.807, 2.05) is 24.5 Å². The average Bonchev–Trinajstić information content (AvgIpc) is 2.38. The van der Waals surface area contributed by atoms with E-state index in [4.69, 9.17) is 0 Å². The molecule has 0 amide bonds. The van der Waals surface area contributed by atoms with Gasteiger partial charge in [0.2, 0.25) is 0 Å². The summed E-state index contributed by atoms with van der Waals surface area (Å²) < 4.78 is 6.47. The standard InChI is InChI=1S/C7H9NO2.ClH/c1-7(10-6-9)8-4-2-3-5-8;/h2-7H,1H3;1H. The van der Waals surface area contributed by atoms with Crippen LogP contribution in [-0.2, 0) is 9.53 Å². The Morgan fingerprint density at radius 1 is 1.45 bits per heavy atom. The van der Waals surface area contributed by atoms with Gasteiger partial charge in [-0.1, -0.05) is 0 Å². The number of rotatable bonds is 3. The molecule has 0 aliphatic heterocycles. The Hall–Kier alpha value is -0.960. The van der Waals surface area contributed by atoms with Crippen LogP contribution in [0.2, 0.25) is 0 Å². The fraction of sp³-hybridized carbons (Fsp3) is 0.286. The van der Waals surface area contributed by atoms with Crippen LogP contribution in [0.15, 0.2) is 24.5 Å². The van der Waals surface area contributed by atoms with E-state index >= 15 is 0 Å². The van der Waals surface area contributed by atoms with Crippen molar-refractivity contribution in [3.05, 3.63) is 24.5 Å². The lowest BCUT2D eigenvalue weighted by molar-refractivity contribution is -0.136. The molecule has 62 valence electrons. The minimum Gasteiger partial charge on any atom is -0.444 e. The van der Waals surface area contributed by atoms with Gasteiger partial charge in [-0.2, -0.15) is 0 Å². The SMILES string of the molecule is CC(OC=O)n1cccc1.Cl. The lowest BCUT2D eigenvalue weighted by Gasteiger charge is -2.09. The van der Waals surface area contributed by atoms with E-state index < -0.39 is 0 Å². The van der Waals surface area contributed by atoms with Gasteiger partial charge in [0.1, 0.15) is 0 Å². The van der Waals surface area contributed by atoms with Gasteiger partial charge in [0.05, 0.1) is 0 Å². The molecule has 0 aliphatic rings. The van der Waals surface area contributed by atoms with Crippen molar-refractivity contribution in [2.24, 2.45) is 0 Å². The number of aromatic nitrogens is 1. The van der Waals surface area contributed by atoms with Gasteiger partial charge in [0, 0.05) is 12.4 Å². The minimum atomic E-state index is -0.201. The lowest BCUT2D eigenvalue weighted by Crippen LogP contribution is -2.05. The van der Waals surface area contributed by atoms with Gasteiger partial charge in [-0.05, 0) is 19.1 Å². The highest BCUT2D eigenvalue weighted by molar-refractivity contribution is 5.85. The summed E-state index contributed by atoms with van der Waals surface area (Å²) in [7, 11) is 0. The second kappa shape index (κ2) is 4.79. The molecule has 4 heteroatoms. The minimum absolute atomic E-state index is 0. The summed E-state index contributed by atoms with van der Waals surface area (Å²) in [5.74, 6) is 0. The topological polar surface area (TPSA) is 31.2 Å². The van der Waals surface area contributed by atoms with Crippen molar-refractivity contribution in [1.82, 2.24) is 4.57 Å². The smallest absolute Gasteiger partial charge is 0.295 e. The molecule has 0 radical (unpaired) electrons. The fourth-order valence-electron chi connectivity index (χ4n) is 0.741. The number of hydrogen-bond acceptors (Lipinski definition) is 2. The second-order valence-electron chi connectivity index (χ2n) is 1.96. The van der Waals surface area contributed by atoms with Crippen LogP contribution in [0.1, 0.15) is 13.2 Å². The first-order valence-corrected chi connectivity index (χ1v) is 3.06. The van der Waals surface area contributed by atoms with Crippen molar-refractivity contribution in [2.45, 2.75) is 13.2 Å². The van der Waals surface area contributed by atoms with E-state index in [9.17, 15) is 4.79 Å². The van der Waals surface area contributed by atoms with Crippen LogP contribution in [-0.4, -0.2) is 11.0 Å². The summed E-state index contributed by atoms with van der Waals surface area (Å²) in [5.41, 5.74) is 0. The molecule has 0 saturated heterocycles. The number of nitrogens with zero attached hydrogens (tertiary/aromatic N) is 1. The molecule has 3 nitrogen and oxygen atoms in total. The average molecular weight is 176 g/mol. The molecule has 1 heterocycles. The molecular formula is C7H10ClNO2. The summed E-state index contributed by atoms with van der Waals surface area (Å²) in [6, 6.07) is 3.76. The Bertz CT molecular complexity index is 198. The molecule has 0 aromatic carbocycles. The van der Waals surface area contributed by atoms with Crippen LogP contribution in [0.3, 0.4) is 0 Å². The van der Waals surface area contributed by atoms with Crippen LogP contribution < -0.4 is 0 Å². The van der Waals surface area contributed by atoms with Gasteiger partial charge in [-0.25, -0.2) is 0 Å². The Morgan fingerprint density at radius 3 is 2.45 bits per heavy atom. The van der Waals surface area contributed by atoms with Crippen molar-refractivity contribution < 1.29 is 9.53 Å². The predicted octanol–water partition coefficient (Wildman–Crippen LogP) is 1.60. The molecule has 0 fully saturated rings. The summed E-state index contributed by atoms with van der Waals surface area (Å²) in [6.45, 7) is 2.25. The van der Waals surface area contributed by atoms with Crippen LogP contribution >= 0.6 is 12.4 Å². The summed E-state index contributed by atoms with van der Waals surface area (Å²) in [6.07, 6.45) is 3.48. The first kappa shape index (κ1) is 10.0. The second-order valence-corrected chi connectivity index (χ2v) is 1.96. The fourth-order valence-corrected chi connectivity index (χ4v) is 0.741. The quantitative estimate of drug-likeness (QED) is 0.654. The van der Waals surface area contributed by atoms with E-state index in [-0.39, 0.29) is 18.6 Å². The largest absolute Gasteiger partial charge is 0.444 e. The molecule has 11 heavy (non-hydrogen) atoms. The first-order valence-electron chi connectivity index (χ1n) is 3.06. The third kappa shape index (κ3) is 2.63. The summed E-state index contributed by atoms with van der Waals surface area (Å²) in [5, 5.41) is 0. The zero-order chi connectivity index (χ0) is 7.40. The number of carbonyl (C=O) groups excluding carboxylic acids is 1. The monoisotopic (exact) mass is 175 g/mol. The molecule has 0 aliphatic carbocycles. The molecule has 1 atom stereocenters. The highest BCUT2D eigenvalue weighted by Gasteiger charge is 1.99. The highest BCUT2D eigenvalue weighted by Crippen LogP contribution is 2.04. The third-order valence-corrected chi connectivity index (χ3v) is 1.30. The Kier molecular flexibility index (Phi) is 4.38. The van der Waals surface area contributed by atoms with E-state index in [2.05, 4.69) is 4.74 Å². The van der Waals surface area contributed by atoms with Crippen molar-refractivity contribution in [2.75, 3.05) is 0 Å². The van der Waals surface area contributed by atoms with Gasteiger partial charge in [-0.3, -0.25) is 4.79 Å². The Morgan fingerprint density at radius 2 is 2.00 bits per heavy atom.